The predicted molar refractivity (Wildman–Crippen MR) is 83.3 cm³/mol. The molecule has 2 atom stereocenters. The highest BCUT2D eigenvalue weighted by atomic mass is 79.9. The summed E-state index contributed by atoms with van der Waals surface area (Å²) in [4.78, 5) is 4.01. The Morgan fingerprint density at radius 2 is 2.06 bits per heavy atom. The van der Waals surface area contributed by atoms with E-state index in [2.05, 4.69) is 52.1 Å². The summed E-state index contributed by atoms with van der Waals surface area (Å²) in [6.07, 6.45) is 2.78. The number of hydrogen-bond acceptors (Lipinski definition) is 3. The molecule has 1 N–H and O–H groups in total. The largest absolute Gasteiger partial charge is 0.309 e. The van der Waals surface area contributed by atoms with Crippen molar-refractivity contribution >= 4 is 27.3 Å². The minimum absolute atomic E-state index is 0.460. The molecule has 102 valence electrons. The van der Waals surface area contributed by atoms with Gasteiger partial charge in [-0.2, -0.15) is 0 Å². The van der Waals surface area contributed by atoms with Crippen LogP contribution in [-0.2, 0) is 0 Å². The van der Waals surface area contributed by atoms with Gasteiger partial charge >= 0.3 is 0 Å². The number of likely N-dealkylation sites (tertiary alicyclic amines) is 1. The number of rotatable bonds is 6. The fourth-order valence-corrected chi connectivity index (χ4v) is 3.96. The van der Waals surface area contributed by atoms with Crippen molar-refractivity contribution in [3.05, 3.63) is 20.8 Å². The lowest BCUT2D eigenvalue weighted by molar-refractivity contribution is 0.279. The first-order chi connectivity index (χ1) is 8.65. The second kappa shape index (κ2) is 7.04. The van der Waals surface area contributed by atoms with Crippen LogP contribution in [0.1, 0.15) is 37.6 Å². The maximum absolute atomic E-state index is 3.65. The zero-order valence-corrected chi connectivity index (χ0v) is 13.7. The highest BCUT2D eigenvalue weighted by molar-refractivity contribution is 9.11. The third-order valence-electron chi connectivity index (χ3n) is 3.56. The SMILES string of the molecule is CC(CNC(C)c1ccc(Br)s1)CN1CCCC1. The molecule has 4 heteroatoms. The van der Waals surface area contributed by atoms with Crippen molar-refractivity contribution in [2.45, 2.75) is 32.7 Å². The van der Waals surface area contributed by atoms with Crippen molar-refractivity contribution < 1.29 is 0 Å². The Labute approximate surface area is 123 Å². The van der Waals surface area contributed by atoms with Crippen LogP contribution in [0.2, 0.25) is 0 Å². The summed E-state index contributed by atoms with van der Waals surface area (Å²) in [6.45, 7) is 9.56. The molecule has 1 aromatic heterocycles. The number of thiophene rings is 1. The average molecular weight is 331 g/mol. The third kappa shape index (κ3) is 4.34. The molecule has 0 radical (unpaired) electrons. The van der Waals surface area contributed by atoms with Crippen LogP contribution in [0.15, 0.2) is 15.9 Å². The van der Waals surface area contributed by atoms with E-state index in [-0.39, 0.29) is 0 Å². The maximum Gasteiger partial charge on any atom is 0.0701 e. The van der Waals surface area contributed by atoms with Gasteiger partial charge in [0.1, 0.15) is 0 Å². The van der Waals surface area contributed by atoms with E-state index in [1.54, 1.807) is 0 Å². The summed E-state index contributed by atoms with van der Waals surface area (Å²) in [6, 6.07) is 4.80. The Balaban J connectivity index is 1.70. The summed E-state index contributed by atoms with van der Waals surface area (Å²) < 4.78 is 1.22. The highest BCUT2D eigenvalue weighted by Gasteiger charge is 2.15. The molecule has 2 heterocycles. The maximum atomic E-state index is 3.65. The fourth-order valence-electron chi connectivity index (χ4n) is 2.51. The topological polar surface area (TPSA) is 15.3 Å². The van der Waals surface area contributed by atoms with Crippen LogP contribution >= 0.6 is 27.3 Å². The zero-order valence-electron chi connectivity index (χ0n) is 11.3. The van der Waals surface area contributed by atoms with E-state index in [9.17, 15) is 0 Å². The van der Waals surface area contributed by atoms with E-state index in [4.69, 9.17) is 0 Å². The van der Waals surface area contributed by atoms with Gasteiger partial charge in [0, 0.05) is 17.5 Å². The Bertz CT molecular complexity index is 360. The molecule has 0 bridgehead atoms. The van der Waals surface area contributed by atoms with Gasteiger partial charge in [-0.05, 0) is 73.4 Å². The lowest BCUT2D eigenvalue weighted by Crippen LogP contribution is -2.32. The van der Waals surface area contributed by atoms with Gasteiger partial charge in [-0.25, -0.2) is 0 Å². The molecule has 1 aromatic rings. The third-order valence-corrected chi connectivity index (χ3v) is 5.37. The Morgan fingerprint density at radius 1 is 1.33 bits per heavy atom. The normalized spacial score (nSPS) is 20.2. The van der Waals surface area contributed by atoms with E-state index in [1.807, 2.05) is 11.3 Å². The van der Waals surface area contributed by atoms with Crippen LogP contribution in [0.5, 0.6) is 0 Å². The molecule has 18 heavy (non-hydrogen) atoms. The van der Waals surface area contributed by atoms with Gasteiger partial charge in [0.2, 0.25) is 0 Å². The monoisotopic (exact) mass is 330 g/mol. The van der Waals surface area contributed by atoms with Crippen LogP contribution in [0, 0.1) is 5.92 Å². The first-order valence-electron chi connectivity index (χ1n) is 6.86. The van der Waals surface area contributed by atoms with Crippen LogP contribution in [-0.4, -0.2) is 31.1 Å². The quantitative estimate of drug-likeness (QED) is 0.851. The van der Waals surface area contributed by atoms with E-state index in [0.29, 0.717) is 6.04 Å². The molecule has 1 fully saturated rings. The van der Waals surface area contributed by atoms with Gasteiger partial charge < -0.3 is 10.2 Å². The van der Waals surface area contributed by atoms with Crippen molar-refractivity contribution in [3.63, 3.8) is 0 Å². The number of nitrogens with zero attached hydrogens (tertiary/aromatic N) is 1. The fraction of sp³-hybridized carbons (Fsp3) is 0.714. The lowest BCUT2D eigenvalue weighted by Gasteiger charge is -2.22. The van der Waals surface area contributed by atoms with Crippen molar-refractivity contribution in [1.29, 1.82) is 0 Å². The van der Waals surface area contributed by atoms with Gasteiger partial charge in [-0.15, -0.1) is 11.3 Å². The molecule has 1 aliphatic rings. The Hall–Kier alpha value is 0.1000. The van der Waals surface area contributed by atoms with Crippen LogP contribution in [0.3, 0.4) is 0 Å². The molecule has 1 saturated heterocycles. The number of nitrogens with one attached hydrogen (secondary N) is 1. The number of hydrogen-bond donors (Lipinski definition) is 1. The van der Waals surface area contributed by atoms with Gasteiger partial charge in [-0.1, -0.05) is 6.92 Å². The van der Waals surface area contributed by atoms with Gasteiger partial charge in [0.15, 0.2) is 0 Å². The molecular weight excluding hydrogens is 308 g/mol. The molecule has 2 nitrogen and oxygen atoms in total. The second-order valence-electron chi connectivity index (χ2n) is 5.38. The molecule has 0 aliphatic carbocycles. The van der Waals surface area contributed by atoms with Crippen molar-refractivity contribution in [3.8, 4) is 0 Å². The van der Waals surface area contributed by atoms with Crippen LogP contribution in [0.4, 0.5) is 0 Å². The zero-order chi connectivity index (χ0) is 13.0. The van der Waals surface area contributed by atoms with E-state index in [1.165, 1.54) is 41.1 Å². The molecule has 2 unspecified atom stereocenters. The summed E-state index contributed by atoms with van der Waals surface area (Å²) >= 11 is 5.35. The molecule has 0 spiro atoms. The molecule has 0 aromatic carbocycles. The molecular formula is C14H23BrN2S. The molecule has 1 aliphatic heterocycles. The first kappa shape index (κ1) is 14.5. The van der Waals surface area contributed by atoms with E-state index in [0.717, 1.165) is 12.5 Å². The second-order valence-corrected chi connectivity index (χ2v) is 7.88. The molecule has 2 rings (SSSR count). The van der Waals surface area contributed by atoms with Gasteiger partial charge in [0.05, 0.1) is 3.79 Å². The predicted octanol–water partition coefficient (Wildman–Crippen LogP) is 3.89. The van der Waals surface area contributed by atoms with Crippen molar-refractivity contribution in [2.24, 2.45) is 5.92 Å². The smallest absolute Gasteiger partial charge is 0.0701 e. The van der Waals surface area contributed by atoms with E-state index < -0.39 is 0 Å². The molecule has 0 saturated carbocycles. The van der Waals surface area contributed by atoms with E-state index >= 15 is 0 Å². The summed E-state index contributed by atoms with van der Waals surface area (Å²) in [7, 11) is 0. The summed E-state index contributed by atoms with van der Waals surface area (Å²) in [5.41, 5.74) is 0. The lowest BCUT2D eigenvalue weighted by atomic mass is 10.1. The minimum Gasteiger partial charge on any atom is -0.309 e. The number of halogens is 1. The summed E-state index contributed by atoms with van der Waals surface area (Å²) in [5.74, 6) is 0.731. The highest BCUT2D eigenvalue weighted by Crippen LogP contribution is 2.27. The van der Waals surface area contributed by atoms with Gasteiger partial charge in [-0.3, -0.25) is 0 Å². The Morgan fingerprint density at radius 3 is 2.67 bits per heavy atom. The standard InChI is InChI=1S/C14H23BrN2S/c1-11(10-17-7-3-4-8-17)9-16-12(2)13-5-6-14(15)18-13/h5-6,11-12,16H,3-4,7-10H2,1-2H3. The van der Waals surface area contributed by atoms with Crippen LogP contribution < -0.4 is 5.32 Å². The van der Waals surface area contributed by atoms with Crippen molar-refractivity contribution in [2.75, 3.05) is 26.2 Å². The van der Waals surface area contributed by atoms with Gasteiger partial charge in [0.25, 0.3) is 0 Å². The average Bonchev–Trinajstić information content (AvgIpc) is 2.97. The molecule has 0 amide bonds. The van der Waals surface area contributed by atoms with Crippen molar-refractivity contribution in [1.82, 2.24) is 10.2 Å². The Kier molecular flexibility index (Phi) is 5.67. The van der Waals surface area contributed by atoms with Crippen LogP contribution in [0.25, 0.3) is 0 Å². The summed E-state index contributed by atoms with van der Waals surface area (Å²) in [5, 5.41) is 3.65. The minimum atomic E-state index is 0.460. The first-order valence-corrected chi connectivity index (χ1v) is 8.47.